The molecule has 2 atom stereocenters. The minimum atomic E-state index is -0.890. The number of nitrogens with zero attached hydrogens (tertiary/aromatic N) is 1. The Kier molecular flexibility index (Phi) is 4.96. The maximum absolute atomic E-state index is 12.8. The van der Waals surface area contributed by atoms with E-state index in [1.807, 2.05) is 38.1 Å². The van der Waals surface area contributed by atoms with Gasteiger partial charge in [-0.15, -0.1) is 0 Å². The first-order valence-electron chi connectivity index (χ1n) is 7.33. The Balaban J connectivity index is 2.25. The van der Waals surface area contributed by atoms with E-state index in [0.717, 1.165) is 24.2 Å². The monoisotopic (exact) mass is 290 g/mol. The standard InChI is InChI=1S/C16H22N2O3/c1-11-5-3-4-6-14(11)18(10-8-15(19)20)16(21)13-7-9-17-12(13)2/h3-6,12-13,17H,7-10H2,1-2H3,(H,19,20). The largest absolute Gasteiger partial charge is 0.481 e. The Morgan fingerprint density at radius 3 is 2.67 bits per heavy atom. The highest BCUT2D eigenvalue weighted by Gasteiger charge is 2.33. The van der Waals surface area contributed by atoms with Crippen LogP contribution in [0.3, 0.4) is 0 Å². The van der Waals surface area contributed by atoms with Gasteiger partial charge in [-0.25, -0.2) is 0 Å². The zero-order valence-electron chi connectivity index (χ0n) is 12.5. The van der Waals surface area contributed by atoms with Gasteiger partial charge in [0.15, 0.2) is 0 Å². The highest BCUT2D eigenvalue weighted by molar-refractivity contribution is 5.96. The zero-order chi connectivity index (χ0) is 15.4. The summed E-state index contributed by atoms with van der Waals surface area (Å²) in [7, 11) is 0. The second-order valence-corrected chi connectivity index (χ2v) is 5.56. The fourth-order valence-electron chi connectivity index (χ4n) is 2.82. The number of aryl methyl sites for hydroxylation is 1. The average molecular weight is 290 g/mol. The van der Waals surface area contributed by atoms with Crippen LogP contribution < -0.4 is 10.2 Å². The molecule has 21 heavy (non-hydrogen) atoms. The molecular weight excluding hydrogens is 268 g/mol. The van der Waals surface area contributed by atoms with Crippen LogP contribution in [-0.4, -0.2) is 36.1 Å². The summed E-state index contributed by atoms with van der Waals surface area (Å²) in [5.41, 5.74) is 1.79. The van der Waals surface area contributed by atoms with Gasteiger partial charge < -0.3 is 15.3 Å². The van der Waals surface area contributed by atoms with E-state index in [-0.39, 0.29) is 30.8 Å². The van der Waals surface area contributed by atoms with Gasteiger partial charge in [-0.2, -0.15) is 0 Å². The molecule has 1 amide bonds. The normalized spacial score (nSPS) is 21.2. The van der Waals surface area contributed by atoms with Gasteiger partial charge in [0.1, 0.15) is 0 Å². The van der Waals surface area contributed by atoms with Gasteiger partial charge in [0.25, 0.3) is 0 Å². The van der Waals surface area contributed by atoms with E-state index in [1.165, 1.54) is 0 Å². The molecule has 114 valence electrons. The fourth-order valence-corrected chi connectivity index (χ4v) is 2.82. The van der Waals surface area contributed by atoms with Crippen LogP contribution in [0, 0.1) is 12.8 Å². The summed E-state index contributed by atoms with van der Waals surface area (Å²) in [5, 5.41) is 12.2. The molecule has 2 N–H and O–H groups in total. The van der Waals surface area contributed by atoms with E-state index in [0.29, 0.717) is 0 Å². The number of rotatable bonds is 5. The topological polar surface area (TPSA) is 69.6 Å². The summed E-state index contributed by atoms with van der Waals surface area (Å²) in [6.07, 6.45) is 0.754. The summed E-state index contributed by atoms with van der Waals surface area (Å²) in [4.78, 5) is 25.3. The van der Waals surface area contributed by atoms with Gasteiger partial charge in [0.2, 0.25) is 5.91 Å². The minimum Gasteiger partial charge on any atom is -0.481 e. The van der Waals surface area contributed by atoms with Gasteiger partial charge in [-0.1, -0.05) is 18.2 Å². The summed E-state index contributed by atoms with van der Waals surface area (Å²) in [5.74, 6) is -0.958. The van der Waals surface area contributed by atoms with Crippen molar-refractivity contribution in [2.75, 3.05) is 18.0 Å². The number of carbonyl (C=O) groups is 2. The molecule has 1 saturated heterocycles. The first-order chi connectivity index (χ1) is 10.0. The molecule has 5 heteroatoms. The molecule has 2 unspecified atom stereocenters. The number of carboxylic acids is 1. The van der Waals surface area contributed by atoms with Crippen LogP contribution in [0.4, 0.5) is 5.69 Å². The van der Waals surface area contributed by atoms with Crippen LogP contribution in [0.2, 0.25) is 0 Å². The molecular formula is C16H22N2O3. The maximum Gasteiger partial charge on any atom is 0.305 e. The van der Waals surface area contributed by atoms with E-state index in [9.17, 15) is 9.59 Å². The fraction of sp³-hybridized carbons (Fsp3) is 0.500. The van der Waals surface area contributed by atoms with Crippen LogP contribution >= 0.6 is 0 Å². The molecule has 1 fully saturated rings. The van der Waals surface area contributed by atoms with Gasteiger partial charge in [-0.3, -0.25) is 9.59 Å². The van der Waals surface area contributed by atoms with E-state index >= 15 is 0 Å². The molecule has 0 aliphatic carbocycles. The Labute approximate surface area is 125 Å². The van der Waals surface area contributed by atoms with Crippen molar-refractivity contribution in [3.05, 3.63) is 29.8 Å². The molecule has 0 bridgehead atoms. The van der Waals surface area contributed by atoms with Gasteiger partial charge in [0.05, 0.1) is 12.3 Å². The number of nitrogens with one attached hydrogen (secondary N) is 1. The van der Waals surface area contributed by atoms with E-state index in [1.54, 1.807) is 4.90 Å². The van der Waals surface area contributed by atoms with Crippen LogP contribution in [0.1, 0.15) is 25.3 Å². The minimum absolute atomic E-state index is 0.0167. The smallest absolute Gasteiger partial charge is 0.305 e. The third-order valence-corrected chi connectivity index (χ3v) is 4.06. The number of carboxylic acid groups (broad SMARTS) is 1. The highest BCUT2D eigenvalue weighted by Crippen LogP contribution is 2.25. The number of amides is 1. The second-order valence-electron chi connectivity index (χ2n) is 5.56. The lowest BCUT2D eigenvalue weighted by atomic mass is 9.99. The predicted molar refractivity (Wildman–Crippen MR) is 81.4 cm³/mol. The predicted octanol–water partition coefficient (Wildman–Crippen LogP) is 1.80. The Bertz CT molecular complexity index is 530. The third-order valence-electron chi connectivity index (χ3n) is 4.06. The van der Waals surface area contributed by atoms with Crippen LogP contribution in [0.25, 0.3) is 0 Å². The second kappa shape index (κ2) is 6.72. The molecule has 5 nitrogen and oxygen atoms in total. The Morgan fingerprint density at radius 1 is 1.38 bits per heavy atom. The first-order valence-corrected chi connectivity index (χ1v) is 7.33. The van der Waals surface area contributed by atoms with Crippen molar-refractivity contribution in [1.82, 2.24) is 5.32 Å². The maximum atomic E-state index is 12.8. The molecule has 0 radical (unpaired) electrons. The lowest BCUT2D eigenvalue weighted by Crippen LogP contribution is -2.41. The molecule has 0 aromatic heterocycles. The first kappa shape index (κ1) is 15.5. The van der Waals surface area contributed by atoms with Crippen molar-refractivity contribution < 1.29 is 14.7 Å². The van der Waals surface area contributed by atoms with Crippen LogP contribution in [0.5, 0.6) is 0 Å². The number of aliphatic carboxylic acids is 1. The summed E-state index contributed by atoms with van der Waals surface area (Å²) >= 11 is 0. The molecule has 1 heterocycles. The van der Waals surface area contributed by atoms with Crippen molar-refractivity contribution in [3.63, 3.8) is 0 Å². The van der Waals surface area contributed by atoms with Crippen molar-refractivity contribution in [2.45, 2.75) is 32.7 Å². The van der Waals surface area contributed by atoms with Crippen LogP contribution in [-0.2, 0) is 9.59 Å². The molecule has 1 aromatic rings. The number of hydrogen-bond acceptors (Lipinski definition) is 3. The Hall–Kier alpha value is -1.88. The molecule has 0 spiro atoms. The molecule has 0 saturated carbocycles. The van der Waals surface area contributed by atoms with E-state index in [4.69, 9.17) is 5.11 Å². The number of benzene rings is 1. The lowest BCUT2D eigenvalue weighted by molar-refractivity contribution is -0.136. The lowest BCUT2D eigenvalue weighted by Gasteiger charge is -2.28. The number of para-hydroxylation sites is 1. The van der Waals surface area contributed by atoms with E-state index in [2.05, 4.69) is 5.32 Å². The highest BCUT2D eigenvalue weighted by atomic mass is 16.4. The summed E-state index contributed by atoms with van der Waals surface area (Å²) in [6, 6.07) is 7.74. The molecule has 1 aliphatic heterocycles. The SMILES string of the molecule is Cc1ccccc1N(CCC(=O)O)C(=O)C1CCNC1C. The number of anilines is 1. The van der Waals surface area contributed by atoms with Crippen molar-refractivity contribution in [2.24, 2.45) is 5.92 Å². The van der Waals surface area contributed by atoms with Crippen molar-refractivity contribution >= 4 is 17.6 Å². The summed E-state index contributed by atoms with van der Waals surface area (Å²) < 4.78 is 0. The van der Waals surface area contributed by atoms with Gasteiger partial charge >= 0.3 is 5.97 Å². The van der Waals surface area contributed by atoms with Gasteiger partial charge in [-0.05, 0) is 38.4 Å². The Morgan fingerprint density at radius 2 is 2.10 bits per heavy atom. The average Bonchev–Trinajstić information content (AvgIpc) is 2.86. The number of carbonyl (C=O) groups excluding carboxylic acids is 1. The van der Waals surface area contributed by atoms with E-state index < -0.39 is 5.97 Å². The molecule has 1 aromatic carbocycles. The van der Waals surface area contributed by atoms with Gasteiger partial charge in [0, 0.05) is 18.3 Å². The van der Waals surface area contributed by atoms with Crippen molar-refractivity contribution in [1.29, 1.82) is 0 Å². The zero-order valence-corrected chi connectivity index (χ0v) is 12.5. The third kappa shape index (κ3) is 3.61. The number of hydrogen-bond donors (Lipinski definition) is 2. The van der Waals surface area contributed by atoms with Crippen molar-refractivity contribution in [3.8, 4) is 0 Å². The van der Waals surface area contributed by atoms with Crippen LogP contribution in [0.15, 0.2) is 24.3 Å². The summed E-state index contributed by atoms with van der Waals surface area (Å²) in [6.45, 7) is 4.98. The molecule has 1 aliphatic rings. The quantitative estimate of drug-likeness (QED) is 0.867. The molecule has 2 rings (SSSR count).